The first kappa shape index (κ1) is 17.6. The maximum Gasteiger partial charge on any atom is 0.203 e. The molecule has 0 saturated carbocycles. The van der Waals surface area contributed by atoms with Crippen molar-refractivity contribution >= 4 is 0 Å². The van der Waals surface area contributed by atoms with Crippen molar-refractivity contribution in [3.8, 4) is 17.2 Å². The largest absolute Gasteiger partial charge is 0.493 e. The molecule has 0 aliphatic heterocycles. The van der Waals surface area contributed by atoms with Crippen molar-refractivity contribution in [3.05, 3.63) is 17.7 Å². The minimum Gasteiger partial charge on any atom is -0.493 e. The van der Waals surface area contributed by atoms with Crippen molar-refractivity contribution in [1.29, 1.82) is 0 Å². The first-order valence-corrected chi connectivity index (χ1v) is 7.61. The van der Waals surface area contributed by atoms with E-state index in [2.05, 4.69) is 32.2 Å². The van der Waals surface area contributed by atoms with Crippen LogP contribution in [0.5, 0.6) is 17.2 Å². The average molecular weight is 295 g/mol. The Bertz CT molecular complexity index is 432. The van der Waals surface area contributed by atoms with Gasteiger partial charge in [-0.05, 0) is 37.4 Å². The highest BCUT2D eigenvalue weighted by Crippen LogP contribution is 2.43. The zero-order valence-corrected chi connectivity index (χ0v) is 14.2. The molecule has 4 heteroatoms. The van der Waals surface area contributed by atoms with Crippen LogP contribution in [-0.4, -0.2) is 27.9 Å². The highest BCUT2D eigenvalue weighted by atomic mass is 16.5. The Hall–Kier alpha value is -1.42. The molecule has 0 radical (unpaired) electrons. The summed E-state index contributed by atoms with van der Waals surface area (Å²) in [7, 11) is 4.95. The Morgan fingerprint density at radius 2 is 1.67 bits per heavy atom. The number of ether oxygens (including phenoxy) is 3. The fraction of sp³-hybridized carbons (Fsp3) is 0.647. The summed E-state index contributed by atoms with van der Waals surface area (Å²) in [4.78, 5) is 0. The van der Waals surface area contributed by atoms with Gasteiger partial charge < -0.3 is 19.5 Å². The van der Waals surface area contributed by atoms with Gasteiger partial charge in [0.1, 0.15) is 0 Å². The Morgan fingerprint density at radius 3 is 2.14 bits per heavy atom. The Labute approximate surface area is 128 Å². The normalized spacial score (nSPS) is 12.3. The molecular weight excluding hydrogens is 266 g/mol. The lowest BCUT2D eigenvalue weighted by atomic mass is 9.95. The topological polar surface area (TPSA) is 39.7 Å². The number of nitrogens with one attached hydrogen (secondary N) is 1. The lowest BCUT2D eigenvalue weighted by Crippen LogP contribution is -2.24. The quantitative estimate of drug-likeness (QED) is 0.752. The molecule has 0 heterocycles. The minimum absolute atomic E-state index is 0.250. The van der Waals surface area contributed by atoms with E-state index in [1.54, 1.807) is 21.3 Å². The molecule has 0 spiro atoms. The molecule has 1 aromatic carbocycles. The van der Waals surface area contributed by atoms with Crippen molar-refractivity contribution in [1.82, 2.24) is 5.32 Å². The van der Waals surface area contributed by atoms with Crippen LogP contribution < -0.4 is 19.5 Å². The van der Waals surface area contributed by atoms with Crippen LogP contribution in [0.1, 0.15) is 45.2 Å². The predicted octanol–water partition coefficient (Wildman–Crippen LogP) is 3.80. The fourth-order valence-electron chi connectivity index (χ4n) is 2.51. The van der Waals surface area contributed by atoms with Gasteiger partial charge in [0.25, 0.3) is 0 Å². The van der Waals surface area contributed by atoms with Crippen molar-refractivity contribution in [2.45, 2.75) is 39.7 Å². The summed E-state index contributed by atoms with van der Waals surface area (Å²) in [6.07, 6.45) is 2.15. The number of hydrogen-bond acceptors (Lipinski definition) is 4. The van der Waals surface area contributed by atoms with Crippen LogP contribution in [0.25, 0.3) is 0 Å². The van der Waals surface area contributed by atoms with Crippen molar-refractivity contribution in [3.63, 3.8) is 0 Å². The van der Waals surface area contributed by atoms with Crippen molar-refractivity contribution < 1.29 is 14.2 Å². The molecule has 1 rings (SSSR count). The maximum absolute atomic E-state index is 5.61. The molecule has 0 amide bonds. The van der Waals surface area contributed by atoms with Gasteiger partial charge in [-0.3, -0.25) is 0 Å². The first-order chi connectivity index (χ1) is 10.1. The zero-order valence-electron chi connectivity index (χ0n) is 14.2. The van der Waals surface area contributed by atoms with E-state index in [-0.39, 0.29) is 6.04 Å². The molecule has 120 valence electrons. The molecule has 21 heavy (non-hydrogen) atoms. The standard InChI is InChI=1S/C17H29NO3/c1-7-10-18-14(11-12(2)3)13-8-9-15(19-4)17(21-6)16(13)20-5/h8-9,12,14,18H,7,10-11H2,1-6H3. The molecule has 0 fully saturated rings. The van der Waals surface area contributed by atoms with E-state index in [1.807, 2.05) is 6.07 Å². The third-order valence-corrected chi connectivity index (χ3v) is 3.46. The molecule has 0 aliphatic carbocycles. The molecule has 1 aromatic rings. The van der Waals surface area contributed by atoms with Crippen LogP contribution >= 0.6 is 0 Å². The van der Waals surface area contributed by atoms with Gasteiger partial charge in [0.05, 0.1) is 21.3 Å². The van der Waals surface area contributed by atoms with Gasteiger partial charge >= 0.3 is 0 Å². The molecule has 1 atom stereocenters. The zero-order chi connectivity index (χ0) is 15.8. The lowest BCUT2D eigenvalue weighted by Gasteiger charge is -2.24. The van der Waals surface area contributed by atoms with Crippen LogP contribution in [0.4, 0.5) is 0 Å². The van der Waals surface area contributed by atoms with E-state index in [9.17, 15) is 0 Å². The van der Waals surface area contributed by atoms with Crippen molar-refractivity contribution in [2.24, 2.45) is 5.92 Å². The van der Waals surface area contributed by atoms with Gasteiger partial charge in [-0.2, -0.15) is 0 Å². The van der Waals surface area contributed by atoms with Gasteiger partial charge in [0, 0.05) is 11.6 Å². The summed E-state index contributed by atoms with van der Waals surface area (Å²) in [5.74, 6) is 2.70. The molecule has 4 nitrogen and oxygen atoms in total. The van der Waals surface area contributed by atoms with Crippen LogP contribution in [-0.2, 0) is 0 Å². The first-order valence-electron chi connectivity index (χ1n) is 7.61. The van der Waals surface area contributed by atoms with Gasteiger partial charge in [-0.1, -0.05) is 20.8 Å². The highest BCUT2D eigenvalue weighted by Gasteiger charge is 2.22. The van der Waals surface area contributed by atoms with Gasteiger partial charge in [0.2, 0.25) is 5.75 Å². The SMILES string of the molecule is CCCNC(CC(C)C)c1ccc(OC)c(OC)c1OC. The third kappa shape index (κ3) is 4.53. The second-order valence-corrected chi connectivity index (χ2v) is 5.56. The predicted molar refractivity (Wildman–Crippen MR) is 86.6 cm³/mol. The van der Waals surface area contributed by atoms with E-state index in [1.165, 1.54) is 0 Å². The van der Waals surface area contributed by atoms with E-state index in [0.29, 0.717) is 17.4 Å². The van der Waals surface area contributed by atoms with E-state index >= 15 is 0 Å². The molecule has 0 saturated heterocycles. The summed E-state index contributed by atoms with van der Waals surface area (Å²) in [5, 5.41) is 3.60. The Kier molecular flexibility index (Phi) is 7.37. The number of benzene rings is 1. The van der Waals surface area contributed by atoms with Crippen LogP contribution in [0.3, 0.4) is 0 Å². The molecule has 1 unspecified atom stereocenters. The van der Waals surface area contributed by atoms with Crippen LogP contribution in [0, 0.1) is 5.92 Å². The van der Waals surface area contributed by atoms with Crippen molar-refractivity contribution in [2.75, 3.05) is 27.9 Å². The molecular formula is C17H29NO3. The second kappa shape index (κ2) is 8.78. The third-order valence-electron chi connectivity index (χ3n) is 3.46. The summed E-state index contributed by atoms with van der Waals surface area (Å²) in [6.45, 7) is 7.61. The number of hydrogen-bond donors (Lipinski definition) is 1. The second-order valence-electron chi connectivity index (χ2n) is 5.56. The Balaban J connectivity index is 3.22. The maximum atomic E-state index is 5.61. The fourth-order valence-corrected chi connectivity index (χ4v) is 2.51. The summed E-state index contributed by atoms with van der Waals surface area (Å²) in [5.41, 5.74) is 1.12. The summed E-state index contributed by atoms with van der Waals surface area (Å²) < 4.78 is 16.4. The van der Waals surface area contributed by atoms with E-state index in [0.717, 1.165) is 30.7 Å². The molecule has 0 aliphatic rings. The van der Waals surface area contributed by atoms with Gasteiger partial charge in [-0.15, -0.1) is 0 Å². The minimum atomic E-state index is 0.250. The summed E-state index contributed by atoms with van der Waals surface area (Å²) >= 11 is 0. The van der Waals surface area contributed by atoms with Crippen LogP contribution in [0.15, 0.2) is 12.1 Å². The highest BCUT2D eigenvalue weighted by molar-refractivity contribution is 5.56. The number of rotatable bonds is 9. The lowest BCUT2D eigenvalue weighted by molar-refractivity contribution is 0.316. The molecule has 0 aromatic heterocycles. The number of methoxy groups -OCH3 is 3. The van der Waals surface area contributed by atoms with E-state index in [4.69, 9.17) is 14.2 Å². The smallest absolute Gasteiger partial charge is 0.203 e. The average Bonchev–Trinajstić information content (AvgIpc) is 2.49. The van der Waals surface area contributed by atoms with E-state index < -0.39 is 0 Å². The Morgan fingerprint density at radius 1 is 1.00 bits per heavy atom. The molecule has 1 N–H and O–H groups in total. The van der Waals surface area contributed by atoms with Crippen LogP contribution in [0.2, 0.25) is 0 Å². The molecule has 0 bridgehead atoms. The summed E-state index contributed by atoms with van der Waals surface area (Å²) in [6, 6.07) is 4.26. The monoisotopic (exact) mass is 295 g/mol. The van der Waals surface area contributed by atoms with Gasteiger partial charge in [-0.25, -0.2) is 0 Å². The van der Waals surface area contributed by atoms with Gasteiger partial charge in [0.15, 0.2) is 11.5 Å².